The number of rotatable bonds is 3. The Balaban J connectivity index is 2.09. The van der Waals surface area contributed by atoms with Crippen molar-refractivity contribution in [3.63, 3.8) is 0 Å². The summed E-state index contributed by atoms with van der Waals surface area (Å²) in [5, 5.41) is 6.06. The Morgan fingerprint density at radius 3 is 2.35 bits per heavy atom. The molecular formula is C18H19NS. The van der Waals surface area contributed by atoms with E-state index in [9.17, 15) is 0 Å². The number of benzene rings is 2. The van der Waals surface area contributed by atoms with E-state index in [1.165, 1.54) is 31.7 Å². The van der Waals surface area contributed by atoms with Crippen LogP contribution in [0.4, 0.5) is 0 Å². The van der Waals surface area contributed by atoms with Gasteiger partial charge in [0.2, 0.25) is 0 Å². The largest absolute Gasteiger partial charge is 0.309 e. The van der Waals surface area contributed by atoms with Gasteiger partial charge in [0.15, 0.2) is 0 Å². The summed E-state index contributed by atoms with van der Waals surface area (Å²) >= 11 is 1.88. The molecule has 1 unspecified atom stereocenters. The van der Waals surface area contributed by atoms with Crippen LogP contribution in [0.5, 0.6) is 0 Å². The third-order valence-corrected chi connectivity index (χ3v) is 4.95. The van der Waals surface area contributed by atoms with E-state index >= 15 is 0 Å². The van der Waals surface area contributed by atoms with Crippen molar-refractivity contribution in [3.8, 4) is 0 Å². The van der Waals surface area contributed by atoms with Gasteiger partial charge in [-0.05, 0) is 54.9 Å². The van der Waals surface area contributed by atoms with Gasteiger partial charge in [-0.1, -0.05) is 36.4 Å². The predicted octanol–water partition coefficient (Wildman–Crippen LogP) is 4.83. The van der Waals surface area contributed by atoms with Crippen molar-refractivity contribution in [3.05, 3.63) is 69.4 Å². The van der Waals surface area contributed by atoms with Crippen LogP contribution in [0.2, 0.25) is 0 Å². The van der Waals surface area contributed by atoms with Gasteiger partial charge in [-0.2, -0.15) is 0 Å². The van der Waals surface area contributed by atoms with Crippen LogP contribution in [-0.4, -0.2) is 7.05 Å². The van der Waals surface area contributed by atoms with Gasteiger partial charge in [0, 0.05) is 9.75 Å². The summed E-state index contributed by atoms with van der Waals surface area (Å²) in [7, 11) is 2.04. The third kappa shape index (κ3) is 2.37. The van der Waals surface area contributed by atoms with Gasteiger partial charge in [0.1, 0.15) is 0 Å². The van der Waals surface area contributed by atoms with Crippen LogP contribution in [0.15, 0.2) is 48.5 Å². The molecule has 1 atom stereocenters. The molecule has 0 bridgehead atoms. The predicted molar refractivity (Wildman–Crippen MR) is 88.6 cm³/mol. The lowest BCUT2D eigenvalue weighted by atomic mass is 9.99. The number of fused-ring (bicyclic) bond motifs is 1. The Kier molecular flexibility index (Phi) is 3.60. The first kappa shape index (κ1) is 13.3. The third-order valence-electron chi connectivity index (χ3n) is 3.74. The second-order valence-corrected chi connectivity index (χ2v) is 6.52. The zero-order valence-electron chi connectivity index (χ0n) is 12.1. The summed E-state index contributed by atoms with van der Waals surface area (Å²) in [6, 6.07) is 17.8. The van der Waals surface area contributed by atoms with Crippen molar-refractivity contribution >= 4 is 22.1 Å². The quantitative estimate of drug-likeness (QED) is 0.725. The summed E-state index contributed by atoms with van der Waals surface area (Å²) in [6.45, 7) is 4.37. The maximum absolute atomic E-state index is 3.46. The van der Waals surface area contributed by atoms with E-state index in [0.29, 0.717) is 0 Å². The summed E-state index contributed by atoms with van der Waals surface area (Å²) in [4.78, 5) is 2.79. The summed E-state index contributed by atoms with van der Waals surface area (Å²) in [6.07, 6.45) is 0. The molecule has 2 heteroatoms. The standard InChI is InChI=1S/C18H19NS/c1-12-10-13(2)20-18(12)17(19-3)16-9-8-14-6-4-5-7-15(14)11-16/h4-11,17,19H,1-3H3. The molecule has 0 aliphatic carbocycles. The highest BCUT2D eigenvalue weighted by molar-refractivity contribution is 7.12. The molecule has 0 saturated heterocycles. The molecule has 1 N–H and O–H groups in total. The Labute approximate surface area is 124 Å². The zero-order chi connectivity index (χ0) is 14.1. The van der Waals surface area contributed by atoms with E-state index in [0.717, 1.165) is 0 Å². The van der Waals surface area contributed by atoms with Crippen LogP contribution in [0.25, 0.3) is 10.8 Å². The molecular weight excluding hydrogens is 262 g/mol. The molecule has 2 aromatic carbocycles. The monoisotopic (exact) mass is 281 g/mol. The first-order valence-corrected chi connectivity index (χ1v) is 7.73. The topological polar surface area (TPSA) is 12.0 Å². The van der Waals surface area contributed by atoms with E-state index in [1.54, 1.807) is 0 Å². The molecule has 0 amide bonds. The molecule has 1 aromatic heterocycles. The molecule has 102 valence electrons. The summed E-state index contributed by atoms with van der Waals surface area (Å²) < 4.78 is 0. The summed E-state index contributed by atoms with van der Waals surface area (Å²) in [5.41, 5.74) is 2.70. The second kappa shape index (κ2) is 5.39. The molecule has 0 fully saturated rings. The van der Waals surface area contributed by atoms with Gasteiger partial charge in [-0.25, -0.2) is 0 Å². The SMILES string of the molecule is CNC(c1ccc2ccccc2c1)c1sc(C)cc1C. The van der Waals surface area contributed by atoms with E-state index < -0.39 is 0 Å². The smallest absolute Gasteiger partial charge is 0.0671 e. The molecule has 0 radical (unpaired) electrons. The highest BCUT2D eigenvalue weighted by Crippen LogP contribution is 2.32. The lowest BCUT2D eigenvalue weighted by Gasteiger charge is -2.17. The van der Waals surface area contributed by atoms with Crippen LogP contribution in [0, 0.1) is 13.8 Å². The molecule has 3 aromatic rings. The Hall–Kier alpha value is -1.64. The van der Waals surface area contributed by atoms with Crippen LogP contribution < -0.4 is 5.32 Å². The first-order chi connectivity index (χ1) is 9.69. The highest BCUT2D eigenvalue weighted by atomic mass is 32.1. The number of nitrogens with one attached hydrogen (secondary N) is 1. The van der Waals surface area contributed by atoms with Gasteiger partial charge < -0.3 is 5.32 Å². The van der Waals surface area contributed by atoms with Crippen molar-refractivity contribution in [2.24, 2.45) is 0 Å². The lowest BCUT2D eigenvalue weighted by molar-refractivity contribution is 0.701. The molecule has 1 heterocycles. The fourth-order valence-corrected chi connectivity index (χ4v) is 3.96. The molecule has 0 saturated carbocycles. The van der Waals surface area contributed by atoms with E-state index in [-0.39, 0.29) is 6.04 Å². The van der Waals surface area contributed by atoms with Gasteiger partial charge in [-0.3, -0.25) is 0 Å². The normalized spacial score (nSPS) is 12.8. The van der Waals surface area contributed by atoms with Crippen LogP contribution in [0.3, 0.4) is 0 Å². The van der Waals surface area contributed by atoms with Crippen molar-refractivity contribution in [2.75, 3.05) is 7.05 Å². The number of aryl methyl sites for hydroxylation is 2. The maximum Gasteiger partial charge on any atom is 0.0671 e. The fraction of sp³-hybridized carbons (Fsp3) is 0.222. The molecule has 0 aliphatic heterocycles. The van der Waals surface area contributed by atoms with Gasteiger partial charge in [0.05, 0.1) is 6.04 Å². The average Bonchev–Trinajstić information content (AvgIpc) is 2.78. The summed E-state index contributed by atoms with van der Waals surface area (Å²) in [5.74, 6) is 0. The molecule has 1 nitrogen and oxygen atoms in total. The van der Waals surface area contributed by atoms with Crippen molar-refractivity contribution in [1.82, 2.24) is 5.32 Å². The fourth-order valence-electron chi connectivity index (χ4n) is 2.78. The van der Waals surface area contributed by atoms with Crippen molar-refractivity contribution in [2.45, 2.75) is 19.9 Å². The molecule has 20 heavy (non-hydrogen) atoms. The molecule has 3 rings (SSSR count). The van der Waals surface area contributed by atoms with E-state index in [4.69, 9.17) is 0 Å². The first-order valence-electron chi connectivity index (χ1n) is 6.92. The number of hydrogen-bond acceptors (Lipinski definition) is 2. The van der Waals surface area contributed by atoms with Crippen molar-refractivity contribution in [1.29, 1.82) is 0 Å². The Morgan fingerprint density at radius 1 is 0.950 bits per heavy atom. The van der Waals surface area contributed by atoms with Crippen LogP contribution in [-0.2, 0) is 0 Å². The Bertz CT molecular complexity index is 742. The second-order valence-electron chi connectivity index (χ2n) is 5.23. The van der Waals surface area contributed by atoms with Crippen LogP contribution in [0.1, 0.15) is 26.9 Å². The molecule has 0 aliphatic rings. The lowest BCUT2D eigenvalue weighted by Crippen LogP contribution is -2.17. The van der Waals surface area contributed by atoms with Gasteiger partial charge in [-0.15, -0.1) is 11.3 Å². The highest BCUT2D eigenvalue weighted by Gasteiger charge is 2.16. The zero-order valence-corrected chi connectivity index (χ0v) is 12.9. The minimum absolute atomic E-state index is 0.276. The number of hydrogen-bond donors (Lipinski definition) is 1. The minimum Gasteiger partial charge on any atom is -0.309 e. The van der Waals surface area contributed by atoms with Gasteiger partial charge >= 0.3 is 0 Å². The average molecular weight is 281 g/mol. The number of thiophene rings is 1. The molecule has 0 spiro atoms. The minimum atomic E-state index is 0.276. The Morgan fingerprint density at radius 2 is 1.70 bits per heavy atom. The van der Waals surface area contributed by atoms with E-state index in [2.05, 4.69) is 67.7 Å². The maximum atomic E-state index is 3.46. The van der Waals surface area contributed by atoms with Crippen molar-refractivity contribution < 1.29 is 0 Å². The van der Waals surface area contributed by atoms with Crippen LogP contribution >= 0.6 is 11.3 Å². The van der Waals surface area contributed by atoms with E-state index in [1.807, 2.05) is 18.4 Å². The van der Waals surface area contributed by atoms with Gasteiger partial charge in [0.25, 0.3) is 0 Å².